The highest BCUT2D eigenvalue weighted by molar-refractivity contribution is 6.18. The maximum atomic E-state index is 10.6. The fraction of sp³-hybridized carbons (Fsp3) is 0.833. The van der Waals surface area contributed by atoms with Crippen molar-refractivity contribution < 1.29 is 4.79 Å². The van der Waals surface area contributed by atoms with Crippen LogP contribution in [0.4, 0.5) is 0 Å². The number of hydrogen-bond donors (Lipinski definition) is 0. The van der Waals surface area contributed by atoms with Gasteiger partial charge < -0.3 is 0 Å². The summed E-state index contributed by atoms with van der Waals surface area (Å²) >= 11 is 5.31. The van der Waals surface area contributed by atoms with Crippen molar-refractivity contribution in [1.29, 1.82) is 0 Å². The van der Waals surface area contributed by atoms with Crippen LogP contribution in [0, 0.1) is 0 Å². The van der Waals surface area contributed by atoms with Gasteiger partial charge in [0.05, 0.1) is 0 Å². The third kappa shape index (κ3) is 4.13. The Morgan fingerprint density at radius 1 is 1.50 bits per heavy atom. The summed E-state index contributed by atoms with van der Waals surface area (Å²) in [6.07, 6.45) is 2.16. The molecule has 0 aliphatic heterocycles. The molecular formula is C6H11ClO. The molecule has 48 valence electrons. The highest BCUT2D eigenvalue weighted by Crippen LogP contribution is 1.94. The van der Waals surface area contributed by atoms with E-state index in [2.05, 4.69) is 0 Å². The van der Waals surface area contributed by atoms with E-state index in [0.717, 1.165) is 6.42 Å². The van der Waals surface area contributed by atoms with E-state index in [0.29, 0.717) is 18.7 Å². The molecule has 0 fully saturated rings. The second-order valence-electron chi connectivity index (χ2n) is 1.73. The number of alkyl halides is 1. The Morgan fingerprint density at radius 3 is 2.50 bits per heavy atom. The largest absolute Gasteiger partial charge is 0.300 e. The first-order valence-electron chi connectivity index (χ1n) is 2.89. The minimum atomic E-state index is 0.280. The fourth-order valence-electron chi connectivity index (χ4n) is 0.509. The average Bonchev–Trinajstić information content (AvgIpc) is 1.68. The topological polar surface area (TPSA) is 17.1 Å². The number of carbonyl (C=O) groups excluding carboxylic acids is 1. The molecule has 0 N–H and O–H groups in total. The summed E-state index contributed by atoms with van der Waals surface area (Å²) in [7, 11) is 0. The lowest BCUT2D eigenvalue weighted by molar-refractivity contribution is -0.118. The van der Waals surface area contributed by atoms with Crippen LogP contribution in [0.25, 0.3) is 0 Å². The van der Waals surface area contributed by atoms with Gasteiger partial charge >= 0.3 is 0 Å². The van der Waals surface area contributed by atoms with Crippen LogP contribution in [-0.4, -0.2) is 11.7 Å². The van der Waals surface area contributed by atoms with Gasteiger partial charge in [-0.1, -0.05) is 6.92 Å². The quantitative estimate of drug-likeness (QED) is 0.538. The Kier molecular flexibility index (Phi) is 5.08. The van der Waals surface area contributed by atoms with Crippen molar-refractivity contribution in [1.82, 2.24) is 0 Å². The molecule has 0 aliphatic carbocycles. The predicted molar refractivity (Wildman–Crippen MR) is 35.3 cm³/mol. The maximum Gasteiger partial charge on any atom is 0.134 e. The summed E-state index contributed by atoms with van der Waals surface area (Å²) < 4.78 is 0. The molecule has 0 rings (SSSR count). The van der Waals surface area contributed by atoms with Crippen LogP contribution in [0.15, 0.2) is 0 Å². The number of carbonyl (C=O) groups is 1. The Bertz CT molecular complexity index is 62.9. The highest BCUT2D eigenvalue weighted by atomic mass is 35.5. The van der Waals surface area contributed by atoms with Crippen LogP contribution in [0.1, 0.15) is 26.2 Å². The van der Waals surface area contributed by atoms with Crippen LogP contribution < -0.4 is 0 Å². The second kappa shape index (κ2) is 5.10. The monoisotopic (exact) mass is 134 g/mol. The summed E-state index contributed by atoms with van der Waals surface area (Å²) in [5.74, 6) is 0.751. The van der Waals surface area contributed by atoms with E-state index in [1.807, 2.05) is 6.92 Å². The molecular weight excluding hydrogens is 124 g/mol. The first-order valence-corrected chi connectivity index (χ1v) is 3.42. The zero-order valence-electron chi connectivity index (χ0n) is 5.11. The molecule has 0 atom stereocenters. The third-order valence-electron chi connectivity index (χ3n) is 0.902. The third-order valence-corrected chi connectivity index (χ3v) is 1.09. The molecule has 0 saturated heterocycles. The van der Waals surface area contributed by atoms with Crippen molar-refractivity contribution in [3.05, 3.63) is 0 Å². The Hall–Kier alpha value is -0.0400. The van der Waals surface area contributed by atoms with E-state index in [4.69, 9.17) is 11.6 Å². The van der Waals surface area contributed by atoms with E-state index in [1.165, 1.54) is 0 Å². The Morgan fingerprint density at radius 2 is 2.12 bits per heavy atom. The van der Waals surface area contributed by atoms with Gasteiger partial charge in [-0.25, -0.2) is 0 Å². The van der Waals surface area contributed by atoms with Gasteiger partial charge in [-0.15, -0.1) is 11.6 Å². The van der Waals surface area contributed by atoms with E-state index >= 15 is 0 Å². The Balaban J connectivity index is 3.06. The van der Waals surface area contributed by atoms with Gasteiger partial charge in [0.1, 0.15) is 5.78 Å². The SMILES string of the molecule is CCCC(=O)CCCl. The van der Waals surface area contributed by atoms with Crippen LogP contribution in [0.2, 0.25) is 0 Å². The van der Waals surface area contributed by atoms with E-state index in [1.54, 1.807) is 0 Å². The van der Waals surface area contributed by atoms with Crippen LogP contribution in [-0.2, 0) is 4.79 Å². The first-order chi connectivity index (χ1) is 3.81. The van der Waals surface area contributed by atoms with Crippen molar-refractivity contribution in [2.24, 2.45) is 0 Å². The molecule has 0 bridgehead atoms. The number of Topliss-reactive ketones (excluding diaryl/α,β-unsaturated/α-hetero) is 1. The van der Waals surface area contributed by atoms with Crippen molar-refractivity contribution in [2.75, 3.05) is 5.88 Å². The van der Waals surface area contributed by atoms with Crippen LogP contribution in [0.3, 0.4) is 0 Å². The average molecular weight is 135 g/mol. The molecule has 0 heterocycles. The van der Waals surface area contributed by atoms with Gasteiger partial charge in [0, 0.05) is 18.7 Å². The summed E-state index contributed by atoms with van der Waals surface area (Å²) in [5, 5.41) is 0. The molecule has 8 heavy (non-hydrogen) atoms. The summed E-state index contributed by atoms with van der Waals surface area (Å²) in [6, 6.07) is 0. The standard InChI is InChI=1S/C6H11ClO/c1-2-3-6(8)4-5-7/h2-5H2,1H3. The summed E-state index contributed by atoms with van der Waals surface area (Å²) in [5.41, 5.74) is 0. The van der Waals surface area contributed by atoms with Crippen molar-refractivity contribution in [2.45, 2.75) is 26.2 Å². The smallest absolute Gasteiger partial charge is 0.134 e. The summed E-state index contributed by atoms with van der Waals surface area (Å²) in [6.45, 7) is 1.99. The van der Waals surface area contributed by atoms with Crippen molar-refractivity contribution in [3.63, 3.8) is 0 Å². The Labute approximate surface area is 55.0 Å². The van der Waals surface area contributed by atoms with Gasteiger partial charge in [0.25, 0.3) is 0 Å². The molecule has 0 aromatic carbocycles. The predicted octanol–water partition coefficient (Wildman–Crippen LogP) is 1.98. The maximum absolute atomic E-state index is 10.6. The number of halogens is 1. The molecule has 0 amide bonds. The number of rotatable bonds is 4. The van der Waals surface area contributed by atoms with Crippen molar-refractivity contribution >= 4 is 17.4 Å². The number of hydrogen-bond acceptors (Lipinski definition) is 1. The van der Waals surface area contributed by atoms with Gasteiger partial charge in [-0.05, 0) is 6.42 Å². The summed E-state index contributed by atoms with van der Waals surface area (Å²) in [4.78, 5) is 10.6. The molecule has 2 heteroatoms. The lowest BCUT2D eigenvalue weighted by Crippen LogP contribution is -1.96. The fourth-order valence-corrected chi connectivity index (χ4v) is 0.720. The van der Waals surface area contributed by atoms with E-state index < -0.39 is 0 Å². The first kappa shape index (κ1) is 7.96. The van der Waals surface area contributed by atoms with Gasteiger partial charge in [-0.3, -0.25) is 4.79 Å². The van der Waals surface area contributed by atoms with E-state index in [9.17, 15) is 4.79 Å². The molecule has 0 aromatic heterocycles. The lowest BCUT2D eigenvalue weighted by atomic mass is 10.2. The highest BCUT2D eigenvalue weighted by Gasteiger charge is 1.95. The van der Waals surface area contributed by atoms with Gasteiger partial charge in [0.15, 0.2) is 0 Å². The van der Waals surface area contributed by atoms with E-state index in [-0.39, 0.29) is 5.78 Å². The minimum absolute atomic E-state index is 0.280. The minimum Gasteiger partial charge on any atom is -0.300 e. The lowest BCUT2D eigenvalue weighted by Gasteiger charge is -1.90. The van der Waals surface area contributed by atoms with Gasteiger partial charge in [-0.2, -0.15) is 0 Å². The zero-order valence-corrected chi connectivity index (χ0v) is 5.87. The molecule has 0 radical (unpaired) electrons. The molecule has 0 aromatic rings. The van der Waals surface area contributed by atoms with Crippen LogP contribution >= 0.6 is 11.6 Å². The molecule has 1 nitrogen and oxygen atoms in total. The van der Waals surface area contributed by atoms with Crippen molar-refractivity contribution in [3.8, 4) is 0 Å². The van der Waals surface area contributed by atoms with Crippen LogP contribution in [0.5, 0.6) is 0 Å². The number of ketones is 1. The molecule has 0 unspecified atom stereocenters. The molecule has 0 saturated carbocycles. The molecule has 0 aliphatic rings. The second-order valence-corrected chi connectivity index (χ2v) is 2.11. The zero-order chi connectivity index (χ0) is 6.41. The normalized spacial score (nSPS) is 9.25. The van der Waals surface area contributed by atoms with Gasteiger partial charge in [0.2, 0.25) is 0 Å². The molecule has 0 spiro atoms.